The maximum atomic E-state index is 12.1. The minimum absolute atomic E-state index is 0.00480. The van der Waals surface area contributed by atoms with Gasteiger partial charge < -0.3 is 14.7 Å². The van der Waals surface area contributed by atoms with Crippen LogP contribution in [0.5, 0.6) is 0 Å². The molecule has 2 rings (SSSR count). The van der Waals surface area contributed by atoms with Gasteiger partial charge >= 0.3 is 19.9 Å². The summed E-state index contributed by atoms with van der Waals surface area (Å²) >= 11 is 0. The van der Waals surface area contributed by atoms with Gasteiger partial charge in [0.1, 0.15) is 12.8 Å². The van der Waals surface area contributed by atoms with E-state index in [0.717, 1.165) is 5.56 Å². The molecule has 0 aliphatic rings. The number of hydrogen-bond acceptors (Lipinski definition) is 6. The Morgan fingerprint density at radius 3 is 2.10 bits per heavy atom. The van der Waals surface area contributed by atoms with E-state index in [0.29, 0.717) is 5.56 Å². The van der Waals surface area contributed by atoms with E-state index in [1.807, 2.05) is 6.07 Å². The van der Waals surface area contributed by atoms with Gasteiger partial charge in [-0.15, -0.1) is 0 Å². The molecule has 0 aromatic heterocycles. The number of carbonyl (C=O) groups is 2. The fourth-order valence-electron chi connectivity index (χ4n) is 2.34. The van der Waals surface area contributed by atoms with Crippen LogP contribution in [0.2, 0.25) is 0 Å². The molecule has 1 amide bonds. The summed E-state index contributed by atoms with van der Waals surface area (Å²) < 4.78 is 26.7. The van der Waals surface area contributed by atoms with Crippen molar-refractivity contribution >= 4 is 19.9 Å². The maximum Gasteiger partial charge on any atom is 0.474 e. The Bertz CT molecular complexity index is 846. The molecule has 0 aliphatic heterocycles. The lowest BCUT2D eigenvalue weighted by Crippen LogP contribution is -2.35. The van der Waals surface area contributed by atoms with Crippen LogP contribution in [0, 0.1) is 0 Å². The molecule has 29 heavy (non-hydrogen) atoms. The molecule has 0 bridgehead atoms. The average Bonchev–Trinajstić information content (AvgIpc) is 2.66. The number of carboxylic acids is 1. The molecule has 0 spiro atoms. The minimum atomic E-state index is -4.78. The highest BCUT2D eigenvalue weighted by atomic mass is 31.2. The Hall–Kier alpha value is -2.71. The lowest BCUT2D eigenvalue weighted by Gasteiger charge is -2.21. The molecule has 0 radical (unpaired) electrons. The summed E-state index contributed by atoms with van der Waals surface area (Å²) in [7, 11) is -4.78. The van der Waals surface area contributed by atoms with Gasteiger partial charge in [0, 0.05) is 6.42 Å². The summed E-state index contributed by atoms with van der Waals surface area (Å²) in [6.07, 6.45) is -3.88. The quantitative estimate of drug-likeness (QED) is 0.392. The third kappa shape index (κ3) is 8.45. The van der Waals surface area contributed by atoms with E-state index in [-0.39, 0.29) is 13.0 Å². The number of rotatable bonds is 10. The number of carboxylic acid groups (broad SMARTS) is 1. The Morgan fingerprint density at radius 1 is 1.00 bits per heavy atom. The zero-order valence-corrected chi connectivity index (χ0v) is 16.5. The van der Waals surface area contributed by atoms with Crippen LogP contribution in [-0.4, -0.2) is 34.4 Å². The minimum Gasteiger partial charge on any atom is -0.479 e. The van der Waals surface area contributed by atoms with Crippen LogP contribution in [-0.2, 0) is 36.2 Å². The lowest BCUT2D eigenvalue weighted by atomic mass is 10.1. The molecule has 10 heteroatoms. The molecule has 0 saturated carbocycles. The number of phosphoric ester groups is 1. The van der Waals surface area contributed by atoms with Gasteiger partial charge in [0.25, 0.3) is 0 Å². The van der Waals surface area contributed by atoms with Crippen molar-refractivity contribution in [1.29, 1.82) is 0 Å². The third-order valence-electron chi connectivity index (χ3n) is 3.62. The summed E-state index contributed by atoms with van der Waals surface area (Å²) in [5.41, 5.74) is 1.37. The molecule has 2 aromatic rings. The second kappa shape index (κ2) is 10.7. The van der Waals surface area contributed by atoms with Crippen molar-refractivity contribution in [3.8, 4) is 0 Å². The van der Waals surface area contributed by atoms with E-state index in [4.69, 9.17) is 13.8 Å². The van der Waals surface area contributed by atoms with Crippen molar-refractivity contribution < 1.29 is 37.9 Å². The molecular weight excluding hydrogens is 401 g/mol. The first kappa shape index (κ1) is 22.6. The van der Waals surface area contributed by atoms with Crippen molar-refractivity contribution in [3.63, 3.8) is 0 Å². The number of nitrogens with one attached hydrogen (secondary N) is 1. The fraction of sp³-hybridized carbons (Fsp3) is 0.263. The van der Waals surface area contributed by atoms with Crippen molar-refractivity contribution in [2.75, 3.05) is 0 Å². The largest absolute Gasteiger partial charge is 0.479 e. The Balaban J connectivity index is 1.84. The average molecular weight is 423 g/mol. The highest BCUT2D eigenvalue weighted by Crippen LogP contribution is 2.46. The van der Waals surface area contributed by atoms with E-state index in [1.54, 1.807) is 54.6 Å². The molecule has 0 saturated heterocycles. The lowest BCUT2D eigenvalue weighted by molar-refractivity contribution is -0.146. The van der Waals surface area contributed by atoms with Gasteiger partial charge in [-0.2, -0.15) is 0 Å². The van der Waals surface area contributed by atoms with Crippen molar-refractivity contribution in [2.24, 2.45) is 0 Å². The highest BCUT2D eigenvalue weighted by Gasteiger charge is 2.33. The van der Waals surface area contributed by atoms with E-state index in [1.165, 1.54) is 6.92 Å². The Kier molecular flexibility index (Phi) is 8.35. The predicted octanol–water partition coefficient (Wildman–Crippen LogP) is 3.09. The van der Waals surface area contributed by atoms with E-state index < -0.39 is 32.2 Å². The van der Waals surface area contributed by atoms with Crippen molar-refractivity contribution in [1.82, 2.24) is 5.32 Å². The number of aliphatic carboxylic acids is 1. The predicted molar refractivity (Wildman–Crippen MR) is 103 cm³/mol. The molecule has 9 nitrogen and oxygen atoms in total. The number of benzene rings is 2. The van der Waals surface area contributed by atoms with Gasteiger partial charge in [-0.05, 0) is 18.1 Å². The van der Waals surface area contributed by atoms with Gasteiger partial charge in [-0.25, -0.2) is 14.2 Å². The van der Waals surface area contributed by atoms with Crippen LogP contribution in [0.15, 0.2) is 60.7 Å². The first-order chi connectivity index (χ1) is 13.7. The second-order valence-corrected chi connectivity index (χ2v) is 7.40. The summed E-state index contributed by atoms with van der Waals surface area (Å²) in [6.45, 7) is 1.29. The Labute approximate surface area is 167 Å². The van der Waals surface area contributed by atoms with Crippen LogP contribution >= 0.6 is 7.82 Å². The van der Waals surface area contributed by atoms with Crippen molar-refractivity contribution in [3.05, 3.63) is 71.8 Å². The van der Waals surface area contributed by atoms with Crippen molar-refractivity contribution in [2.45, 2.75) is 32.3 Å². The van der Waals surface area contributed by atoms with Crippen LogP contribution in [0.25, 0.3) is 0 Å². The standard InChI is InChI=1S/C19H22NO8P/c1-14(20-19(23)26-13-16-10-6-3-7-11-16)27-29(24,25)28-17(18(21)22)12-15-8-4-2-5-9-15/h2-11,14,17H,12-13H2,1H3,(H,20,23)(H,21,22)(H,24,25). The van der Waals surface area contributed by atoms with E-state index in [9.17, 15) is 24.2 Å². The monoisotopic (exact) mass is 423 g/mol. The zero-order valence-electron chi connectivity index (χ0n) is 15.6. The molecule has 3 unspecified atom stereocenters. The van der Waals surface area contributed by atoms with E-state index in [2.05, 4.69) is 5.32 Å². The normalized spacial score (nSPS) is 15.0. The van der Waals surface area contributed by atoms with Gasteiger partial charge in [0.2, 0.25) is 0 Å². The van der Waals surface area contributed by atoms with Crippen LogP contribution in [0.3, 0.4) is 0 Å². The summed E-state index contributed by atoms with van der Waals surface area (Å²) in [4.78, 5) is 33.0. The molecule has 0 heterocycles. The summed E-state index contributed by atoms with van der Waals surface area (Å²) in [5, 5.41) is 11.5. The number of ether oxygens (including phenoxy) is 1. The van der Waals surface area contributed by atoms with Gasteiger partial charge in [-0.1, -0.05) is 60.7 Å². The van der Waals surface area contributed by atoms with E-state index >= 15 is 0 Å². The molecule has 3 atom stereocenters. The number of phosphoric acid groups is 1. The molecule has 0 aliphatic carbocycles. The molecule has 3 N–H and O–H groups in total. The molecule has 2 aromatic carbocycles. The van der Waals surface area contributed by atoms with Gasteiger partial charge in [0.15, 0.2) is 6.10 Å². The first-order valence-corrected chi connectivity index (χ1v) is 10.2. The smallest absolute Gasteiger partial charge is 0.474 e. The molecule has 156 valence electrons. The van der Waals surface area contributed by atoms with Crippen LogP contribution in [0.4, 0.5) is 4.79 Å². The summed E-state index contributed by atoms with van der Waals surface area (Å²) in [5.74, 6) is -1.42. The maximum absolute atomic E-state index is 12.1. The second-order valence-electron chi connectivity index (χ2n) is 6.04. The fourth-order valence-corrected chi connectivity index (χ4v) is 3.33. The topological polar surface area (TPSA) is 131 Å². The summed E-state index contributed by atoms with van der Waals surface area (Å²) in [6, 6.07) is 17.4. The molecule has 0 fully saturated rings. The van der Waals surface area contributed by atoms with Crippen LogP contribution in [0.1, 0.15) is 18.1 Å². The number of carbonyl (C=O) groups excluding carboxylic acids is 1. The molecular formula is C19H22NO8P. The highest BCUT2D eigenvalue weighted by molar-refractivity contribution is 7.47. The third-order valence-corrected chi connectivity index (χ3v) is 4.73. The van der Waals surface area contributed by atoms with Crippen LogP contribution < -0.4 is 5.32 Å². The first-order valence-electron chi connectivity index (χ1n) is 8.69. The number of alkyl carbamates (subject to hydrolysis) is 1. The van der Waals surface area contributed by atoms with Gasteiger partial charge in [0.05, 0.1) is 0 Å². The number of amides is 1. The van der Waals surface area contributed by atoms with Gasteiger partial charge in [-0.3, -0.25) is 14.4 Å². The SMILES string of the molecule is CC(NC(=O)OCc1ccccc1)OP(=O)(O)OC(Cc1ccccc1)C(=O)O. The zero-order chi connectivity index (χ0) is 21.3. The number of hydrogen-bond donors (Lipinski definition) is 3. The Morgan fingerprint density at radius 2 is 1.55 bits per heavy atom.